The first kappa shape index (κ1) is 37.2. The number of nitrogens with zero attached hydrogens (tertiary/aromatic N) is 3. The fourth-order valence-electron chi connectivity index (χ4n) is 5.36. The van der Waals surface area contributed by atoms with Gasteiger partial charge in [0.1, 0.15) is 17.8 Å². The third kappa shape index (κ3) is 10.4. The van der Waals surface area contributed by atoms with Crippen LogP contribution in [0.15, 0.2) is 108 Å². The van der Waals surface area contributed by atoms with Gasteiger partial charge in [0.25, 0.3) is 0 Å². The Morgan fingerprint density at radius 1 is 0.812 bits per heavy atom. The molecule has 0 unspecified atom stereocenters. The molecule has 0 saturated heterocycles. The quantitative estimate of drug-likeness (QED) is 0.0868. The first-order chi connectivity index (χ1) is 23.0. The summed E-state index contributed by atoms with van der Waals surface area (Å²) in [7, 11) is 0.298. The Labute approximate surface area is 284 Å². The van der Waals surface area contributed by atoms with E-state index in [1.807, 2.05) is 110 Å². The van der Waals surface area contributed by atoms with Crippen LogP contribution in [-0.2, 0) is 35.2 Å². The summed E-state index contributed by atoms with van der Waals surface area (Å²) < 4.78 is 40.2. The van der Waals surface area contributed by atoms with Crippen LogP contribution in [0.25, 0.3) is 0 Å². The van der Waals surface area contributed by atoms with Crippen molar-refractivity contribution in [1.82, 2.24) is 14.5 Å². The van der Waals surface area contributed by atoms with Crippen molar-refractivity contribution >= 4 is 13.4 Å². The van der Waals surface area contributed by atoms with Crippen LogP contribution in [0.2, 0.25) is 0 Å². The van der Waals surface area contributed by atoms with E-state index in [0.29, 0.717) is 12.4 Å². The van der Waals surface area contributed by atoms with E-state index in [1.54, 1.807) is 40.0 Å². The average Bonchev–Trinajstić information content (AvgIpc) is 3.05. The molecule has 4 rings (SSSR count). The Morgan fingerprint density at radius 3 is 1.75 bits per heavy atom. The van der Waals surface area contributed by atoms with Crippen molar-refractivity contribution < 1.29 is 23.1 Å². The van der Waals surface area contributed by atoms with Gasteiger partial charge >= 0.3 is 13.3 Å². The molecule has 0 amide bonds. The van der Waals surface area contributed by atoms with E-state index in [9.17, 15) is 9.36 Å². The normalized spacial score (nSPS) is 12.9. The molecule has 0 aliphatic rings. The summed E-state index contributed by atoms with van der Waals surface area (Å²) in [5.41, 5.74) is 1.29. The van der Waals surface area contributed by atoms with Crippen LogP contribution in [0.1, 0.15) is 44.4 Å². The Morgan fingerprint density at radius 2 is 1.31 bits per heavy atom. The second-order valence-electron chi connectivity index (χ2n) is 12.4. The van der Waals surface area contributed by atoms with Gasteiger partial charge in [-0.25, -0.2) is 4.79 Å². The van der Waals surface area contributed by atoms with Gasteiger partial charge in [0, 0.05) is 19.3 Å². The molecule has 0 spiro atoms. The van der Waals surface area contributed by atoms with E-state index in [4.69, 9.17) is 18.5 Å². The van der Waals surface area contributed by atoms with Gasteiger partial charge in [-0.05, 0) is 64.5 Å². The molecule has 11 heteroatoms. The SMILES string of the molecule is CC(C)OP(=O)(CO[C@H](COC(c1ccccc1)(c1ccccc1)c1ccccc1)Cn1ccc(NCCN(C)C)nc1=O)OC(C)C. The molecule has 0 bridgehead atoms. The highest BCUT2D eigenvalue weighted by atomic mass is 31.2. The lowest BCUT2D eigenvalue weighted by Crippen LogP contribution is -2.39. The van der Waals surface area contributed by atoms with Gasteiger partial charge in [-0.1, -0.05) is 91.0 Å². The molecule has 1 N–H and O–H groups in total. The fraction of sp³-hybridized carbons (Fsp3) is 0.405. The van der Waals surface area contributed by atoms with Gasteiger partial charge in [-0.3, -0.25) is 9.13 Å². The maximum atomic E-state index is 13.8. The van der Waals surface area contributed by atoms with Crippen LogP contribution in [0.3, 0.4) is 0 Å². The standard InChI is InChI=1S/C37H49N4O6P/c1-29(2)46-48(43,47-30(3)4)28-44-34(26-41-24-22-35(39-36(41)42)38-23-25-40(5)6)27-45-37(31-16-10-7-11-17-31,32-18-12-8-13-19-32)33-20-14-9-15-21-33/h7-22,24,29-30,34H,23,25-28H2,1-6H3,(H,38,39,42)/t34-/m0/s1. The van der Waals surface area contributed by atoms with Gasteiger partial charge in [-0.2, -0.15) is 4.98 Å². The minimum Gasteiger partial charge on any atom is -0.369 e. The number of nitrogens with one attached hydrogen (secondary N) is 1. The summed E-state index contributed by atoms with van der Waals surface area (Å²) in [5, 5.41) is 3.19. The zero-order valence-corrected chi connectivity index (χ0v) is 29.7. The highest BCUT2D eigenvalue weighted by molar-refractivity contribution is 7.53. The summed E-state index contributed by atoms with van der Waals surface area (Å²) in [4.78, 5) is 19.5. The smallest absolute Gasteiger partial charge is 0.356 e. The van der Waals surface area contributed by atoms with Crippen molar-refractivity contribution in [1.29, 1.82) is 0 Å². The summed E-state index contributed by atoms with van der Waals surface area (Å²) in [6.45, 7) is 8.73. The molecule has 48 heavy (non-hydrogen) atoms. The van der Waals surface area contributed by atoms with Crippen molar-refractivity contribution in [2.75, 3.05) is 45.5 Å². The summed E-state index contributed by atoms with van der Waals surface area (Å²) in [5.74, 6) is 0.489. The van der Waals surface area contributed by atoms with Crippen molar-refractivity contribution in [3.05, 3.63) is 130 Å². The fourth-order valence-corrected chi connectivity index (χ4v) is 7.21. The zero-order chi connectivity index (χ0) is 34.6. The molecule has 0 aliphatic carbocycles. The maximum Gasteiger partial charge on any atom is 0.356 e. The van der Waals surface area contributed by atoms with Gasteiger partial charge in [-0.15, -0.1) is 0 Å². The van der Waals surface area contributed by atoms with Crippen LogP contribution >= 0.6 is 7.60 Å². The molecule has 258 valence electrons. The molecule has 0 radical (unpaired) electrons. The highest BCUT2D eigenvalue weighted by Gasteiger charge is 2.39. The predicted molar refractivity (Wildman–Crippen MR) is 190 cm³/mol. The summed E-state index contributed by atoms with van der Waals surface area (Å²) in [6.07, 6.45) is -0.0912. The van der Waals surface area contributed by atoms with Gasteiger partial charge in [0.05, 0.1) is 31.5 Å². The van der Waals surface area contributed by atoms with Crippen LogP contribution in [0.4, 0.5) is 5.82 Å². The molecule has 1 atom stereocenters. The van der Waals surface area contributed by atoms with Crippen LogP contribution in [-0.4, -0.2) is 72.9 Å². The molecule has 0 saturated carbocycles. The number of hydrogen-bond donors (Lipinski definition) is 1. The monoisotopic (exact) mass is 676 g/mol. The molecule has 10 nitrogen and oxygen atoms in total. The topological polar surface area (TPSA) is 104 Å². The number of benzene rings is 3. The van der Waals surface area contributed by atoms with Crippen LogP contribution < -0.4 is 11.0 Å². The van der Waals surface area contributed by atoms with E-state index in [1.165, 1.54) is 4.57 Å². The maximum absolute atomic E-state index is 13.8. The minimum absolute atomic E-state index is 0.0251. The third-order valence-corrected chi connectivity index (χ3v) is 9.33. The molecule has 1 heterocycles. The van der Waals surface area contributed by atoms with Crippen molar-refractivity contribution in [3.8, 4) is 0 Å². The predicted octanol–water partition coefficient (Wildman–Crippen LogP) is 6.61. The molecular weight excluding hydrogens is 627 g/mol. The summed E-state index contributed by atoms with van der Waals surface area (Å²) >= 11 is 0. The molecule has 4 aromatic rings. The van der Waals surface area contributed by atoms with Gasteiger partial charge in [0.15, 0.2) is 0 Å². The van der Waals surface area contributed by atoms with E-state index < -0.39 is 25.0 Å². The lowest BCUT2D eigenvalue weighted by Gasteiger charge is -2.37. The Bertz CT molecular complexity index is 1520. The third-order valence-electron chi connectivity index (χ3n) is 7.38. The van der Waals surface area contributed by atoms with Crippen molar-refractivity contribution in [2.45, 2.75) is 58.2 Å². The van der Waals surface area contributed by atoms with E-state index in [0.717, 1.165) is 23.2 Å². The first-order valence-corrected chi connectivity index (χ1v) is 18.1. The number of anilines is 1. The number of ether oxygens (including phenoxy) is 2. The molecular formula is C37H49N4O6P. The molecule has 0 aliphatic heterocycles. The lowest BCUT2D eigenvalue weighted by atomic mass is 9.80. The zero-order valence-electron chi connectivity index (χ0n) is 28.8. The van der Waals surface area contributed by atoms with Crippen molar-refractivity contribution in [3.63, 3.8) is 0 Å². The van der Waals surface area contributed by atoms with E-state index in [2.05, 4.69) is 10.3 Å². The van der Waals surface area contributed by atoms with Crippen LogP contribution in [0.5, 0.6) is 0 Å². The number of aromatic nitrogens is 2. The van der Waals surface area contributed by atoms with Gasteiger partial charge in [0.2, 0.25) is 0 Å². The lowest BCUT2D eigenvalue weighted by molar-refractivity contribution is -0.0648. The summed E-state index contributed by atoms with van der Waals surface area (Å²) in [6, 6.07) is 31.8. The number of hydrogen-bond acceptors (Lipinski definition) is 9. The van der Waals surface area contributed by atoms with E-state index >= 15 is 0 Å². The van der Waals surface area contributed by atoms with Crippen LogP contribution in [0, 0.1) is 0 Å². The number of rotatable bonds is 19. The second kappa shape index (κ2) is 17.7. The molecule has 3 aromatic carbocycles. The Hall–Kier alpha value is -3.63. The van der Waals surface area contributed by atoms with Gasteiger partial charge < -0.3 is 28.7 Å². The highest BCUT2D eigenvalue weighted by Crippen LogP contribution is 2.51. The first-order valence-electron chi connectivity index (χ1n) is 16.3. The Kier molecular flexibility index (Phi) is 13.7. The van der Waals surface area contributed by atoms with E-state index in [-0.39, 0.29) is 31.7 Å². The minimum atomic E-state index is -3.66. The molecule has 1 aromatic heterocycles. The largest absolute Gasteiger partial charge is 0.369 e. The van der Waals surface area contributed by atoms with Crippen molar-refractivity contribution in [2.24, 2.45) is 0 Å². The molecule has 0 fully saturated rings. The second-order valence-corrected chi connectivity index (χ2v) is 14.3. The average molecular weight is 677 g/mol. The number of likely N-dealkylation sites (N-methyl/N-ethyl adjacent to an activating group) is 1. The Balaban J connectivity index is 1.71.